The molecule has 0 aliphatic heterocycles. The number of hydrogen-bond acceptors (Lipinski definition) is 7. The third-order valence-corrected chi connectivity index (χ3v) is 6.44. The van der Waals surface area contributed by atoms with Gasteiger partial charge in [0.05, 0.1) is 28.7 Å². The van der Waals surface area contributed by atoms with Crippen LogP contribution in [0.3, 0.4) is 0 Å². The molecule has 0 spiro atoms. The number of fused-ring (bicyclic) bond motifs is 1. The van der Waals surface area contributed by atoms with Crippen LogP contribution in [0.2, 0.25) is 0 Å². The lowest BCUT2D eigenvalue weighted by atomic mass is 10.2. The zero-order chi connectivity index (χ0) is 24.4. The summed E-state index contributed by atoms with van der Waals surface area (Å²) in [7, 11) is 1.34. The van der Waals surface area contributed by atoms with E-state index in [2.05, 4.69) is 10.5 Å². The number of ether oxygens (including phenoxy) is 1. The number of esters is 1. The molecule has 2 heterocycles. The smallest absolute Gasteiger partial charge is 0.337 e. The monoisotopic (exact) mass is 476 g/mol. The van der Waals surface area contributed by atoms with Crippen molar-refractivity contribution in [2.75, 3.05) is 7.11 Å². The molecular weight excluding hydrogens is 456 g/mol. The predicted octanol–water partition coefficient (Wildman–Crippen LogP) is 4.77. The molecule has 2 aromatic heterocycles. The molecule has 0 bridgehead atoms. The van der Waals surface area contributed by atoms with Crippen molar-refractivity contribution in [3.8, 4) is 5.69 Å². The molecule has 34 heavy (non-hydrogen) atoms. The van der Waals surface area contributed by atoms with Crippen LogP contribution in [0.4, 0.5) is 5.69 Å². The van der Waals surface area contributed by atoms with Gasteiger partial charge in [0, 0.05) is 44.9 Å². The highest BCUT2D eigenvalue weighted by Gasteiger charge is 2.14. The van der Waals surface area contributed by atoms with Crippen molar-refractivity contribution in [1.82, 2.24) is 9.99 Å². The number of carbonyl (C=O) groups is 2. The summed E-state index contributed by atoms with van der Waals surface area (Å²) < 4.78 is 7.53. The van der Waals surface area contributed by atoms with Gasteiger partial charge in [-0.2, -0.15) is 5.10 Å². The maximum atomic E-state index is 12.5. The summed E-state index contributed by atoms with van der Waals surface area (Å²) in [5.74, 6) is -0.791. The molecule has 2 aromatic carbocycles. The van der Waals surface area contributed by atoms with E-state index in [1.54, 1.807) is 30.5 Å². The number of hydrogen-bond donors (Lipinski definition) is 1. The molecule has 1 amide bonds. The van der Waals surface area contributed by atoms with Gasteiger partial charge in [-0.1, -0.05) is 0 Å². The maximum absolute atomic E-state index is 12.5. The Labute approximate surface area is 198 Å². The number of thiophene rings is 1. The number of methoxy groups -OCH3 is 1. The van der Waals surface area contributed by atoms with E-state index in [4.69, 9.17) is 4.74 Å². The van der Waals surface area contributed by atoms with Crippen molar-refractivity contribution in [1.29, 1.82) is 0 Å². The van der Waals surface area contributed by atoms with Gasteiger partial charge in [-0.15, -0.1) is 11.3 Å². The number of hydrazone groups is 1. The van der Waals surface area contributed by atoms with Crippen LogP contribution in [0.1, 0.15) is 37.0 Å². The van der Waals surface area contributed by atoms with E-state index in [1.165, 1.54) is 30.6 Å². The van der Waals surface area contributed by atoms with Crippen molar-refractivity contribution >= 4 is 45.2 Å². The number of nitrogens with zero attached hydrogens (tertiary/aromatic N) is 3. The number of nitro groups is 1. The lowest BCUT2D eigenvalue weighted by molar-refractivity contribution is -0.384. The van der Waals surface area contributed by atoms with E-state index in [-0.39, 0.29) is 5.69 Å². The van der Waals surface area contributed by atoms with Gasteiger partial charge in [0.1, 0.15) is 0 Å². The zero-order valence-electron chi connectivity index (χ0n) is 18.6. The Morgan fingerprint density at radius 2 is 1.85 bits per heavy atom. The summed E-state index contributed by atoms with van der Waals surface area (Å²) in [6, 6.07) is 15.1. The fourth-order valence-corrected chi connectivity index (χ4v) is 4.58. The van der Waals surface area contributed by atoms with Crippen LogP contribution >= 0.6 is 11.3 Å². The van der Waals surface area contributed by atoms with Crippen molar-refractivity contribution in [3.05, 3.63) is 92.1 Å². The van der Waals surface area contributed by atoms with Gasteiger partial charge in [-0.25, -0.2) is 10.2 Å². The predicted molar refractivity (Wildman–Crippen MR) is 130 cm³/mol. The van der Waals surface area contributed by atoms with Crippen LogP contribution in [-0.2, 0) is 4.74 Å². The van der Waals surface area contributed by atoms with Crippen LogP contribution in [0.15, 0.2) is 59.7 Å². The van der Waals surface area contributed by atoms with Gasteiger partial charge in [0.15, 0.2) is 0 Å². The summed E-state index contributed by atoms with van der Waals surface area (Å²) in [5, 5.41) is 15.7. The maximum Gasteiger partial charge on any atom is 0.337 e. The third-order valence-electron chi connectivity index (χ3n) is 5.32. The van der Waals surface area contributed by atoms with Gasteiger partial charge < -0.3 is 9.30 Å². The molecule has 4 aromatic rings. The molecular formula is C24H20N4O5S. The highest BCUT2D eigenvalue weighted by atomic mass is 32.1. The average molecular weight is 477 g/mol. The van der Waals surface area contributed by atoms with Crippen molar-refractivity contribution in [2.24, 2.45) is 5.10 Å². The lowest BCUT2D eigenvalue weighted by Gasteiger charge is -2.10. The molecule has 9 nitrogen and oxygen atoms in total. The Balaban J connectivity index is 1.50. The Hall–Kier alpha value is -4.31. The first-order chi connectivity index (χ1) is 16.3. The van der Waals surface area contributed by atoms with E-state index < -0.39 is 16.8 Å². The number of benzene rings is 2. The minimum Gasteiger partial charge on any atom is -0.465 e. The molecule has 0 saturated heterocycles. The summed E-state index contributed by atoms with van der Waals surface area (Å²) in [4.78, 5) is 35.1. The second-order valence-electron chi connectivity index (χ2n) is 7.49. The van der Waals surface area contributed by atoms with Gasteiger partial charge in [-0.05, 0) is 56.3 Å². The number of non-ortho nitro benzene ring substituents is 1. The van der Waals surface area contributed by atoms with E-state index in [9.17, 15) is 19.7 Å². The van der Waals surface area contributed by atoms with Crippen molar-refractivity contribution in [2.45, 2.75) is 13.8 Å². The Bertz CT molecular complexity index is 1450. The largest absolute Gasteiger partial charge is 0.465 e. The van der Waals surface area contributed by atoms with Gasteiger partial charge in [-0.3, -0.25) is 14.9 Å². The summed E-state index contributed by atoms with van der Waals surface area (Å²) in [6.45, 7) is 3.89. The van der Waals surface area contributed by atoms with Gasteiger partial charge >= 0.3 is 5.97 Å². The first kappa shape index (κ1) is 22.9. The minimum atomic E-state index is -0.467. The standard InChI is InChI=1S/C24H20N4O5S/c1-14-10-18(15(2)27(14)19-6-4-16(5-7-19)24(30)33-3)13-25-26-23(29)22-12-17-11-20(28(31)32)8-9-21(17)34-22/h4-13H,1-3H3,(H,26,29). The van der Waals surface area contributed by atoms with Crippen molar-refractivity contribution in [3.63, 3.8) is 0 Å². The van der Waals surface area contributed by atoms with Crippen LogP contribution in [0, 0.1) is 24.0 Å². The van der Waals surface area contributed by atoms with Crippen LogP contribution in [0.25, 0.3) is 15.8 Å². The number of amides is 1. The number of nitro benzene ring substituents is 1. The molecule has 172 valence electrons. The van der Waals surface area contributed by atoms with Crippen LogP contribution < -0.4 is 5.43 Å². The van der Waals surface area contributed by atoms with Crippen LogP contribution in [0.5, 0.6) is 0 Å². The molecule has 0 unspecified atom stereocenters. The Morgan fingerprint density at radius 3 is 2.53 bits per heavy atom. The number of carbonyl (C=O) groups excluding carboxylic acids is 2. The Morgan fingerprint density at radius 1 is 1.12 bits per heavy atom. The topological polar surface area (TPSA) is 116 Å². The molecule has 0 radical (unpaired) electrons. The summed E-state index contributed by atoms with van der Waals surface area (Å²) in [5.41, 5.74) is 6.53. The molecule has 10 heteroatoms. The molecule has 0 fully saturated rings. The number of nitrogens with one attached hydrogen (secondary N) is 1. The number of aryl methyl sites for hydroxylation is 1. The number of rotatable bonds is 6. The zero-order valence-corrected chi connectivity index (χ0v) is 19.4. The molecule has 4 rings (SSSR count). The molecule has 0 aliphatic rings. The Kier molecular flexibility index (Phi) is 6.24. The average Bonchev–Trinajstić information content (AvgIpc) is 3.38. The van der Waals surface area contributed by atoms with E-state index in [0.717, 1.165) is 27.3 Å². The summed E-state index contributed by atoms with van der Waals surface area (Å²) in [6.07, 6.45) is 1.57. The fraction of sp³-hybridized carbons (Fsp3) is 0.125. The van der Waals surface area contributed by atoms with E-state index >= 15 is 0 Å². The fourth-order valence-electron chi connectivity index (χ4n) is 3.65. The highest BCUT2D eigenvalue weighted by molar-refractivity contribution is 7.20. The molecule has 0 saturated carbocycles. The first-order valence-corrected chi connectivity index (χ1v) is 11.0. The lowest BCUT2D eigenvalue weighted by Crippen LogP contribution is -2.16. The van der Waals surface area contributed by atoms with Gasteiger partial charge in [0.2, 0.25) is 0 Å². The van der Waals surface area contributed by atoms with E-state index in [1.807, 2.05) is 36.6 Å². The normalized spacial score (nSPS) is 11.1. The SMILES string of the molecule is COC(=O)c1ccc(-n2c(C)cc(C=NNC(=O)c3cc4cc([N+](=O)[O-])ccc4s3)c2C)cc1. The molecule has 1 N–H and O–H groups in total. The second kappa shape index (κ2) is 9.28. The van der Waals surface area contributed by atoms with Crippen molar-refractivity contribution < 1.29 is 19.2 Å². The van der Waals surface area contributed by atoms with E-state index in [0.29, 0.717) is 15.8 Å². The minimum absolute atomic E-state index is 0.0226. The quantitative estimate of drug-likeness (QED) is 0.186. The van der Waals surface area contributed by atoms with Gasteiger partial charge in [0.25, 0.3) is 11.6 Å². The number of aromatic nitrogens is 1. The third kappa shape index (κ3) is 4.44. The molecule has 0 atom stereocenters. The summed E-state index contributed by atoms with van der Waals surface area (Å²) >= 11 is 1.24. The first-order valence-electron chi connectivity index (χ1n) is 10.2. The van der Waals surface area contributed by atoms with Crippen LogP contribution in [-0.4, -0.2) is 34.7 Å². The second-order valence-corrected chi connectivity index (χ2v) is 8.57. The molecule has 0 aliphatic carbocycles. The highest BCUT2D eigenvalue weighted by Crippen LogP contribution is 2.29.